The van der Waals surface area contributed by atoms with Gasteiger partial charge in [0.1, 0.15) is 0 Å². The van der Waals surface area contributed by atoms with Crippen molar-refractivity contribution in [1.29, 1.82) is 0 Å². The molecule has 3 nitrogen and oxygen atoms in total. The Morgan fingerprint density at radius 3 is 2.80 bits per heavy atom. The van der Waals surface area contributed by atoms with Crippen LogP contribution in [0.15, 0.2) is 12.2 Å². The van der Waals surface area contributed by atoms with E-state index in [4.69, 9.17) is 0 Å². The number of esters is 2. The van der Waals surface area contributed by atoms with Crippen LogP contribution in [0.5, 0.6) is 0 Å². The van der Waals surface area contributed by atoms with Crippen LogP contribution in [-0.2, 0) is 14.3 Å². The first kappa shape index (κ1) is 12.0. The molecule has 1 heterocycles. The largest absolute Gasteiger partial charge is 0.393 e. The smallest absolute Gasteiger partial charge is 0.317 e. The minimum absolute atomic E-state index is 0.0980. The molecule has 84 valence electrons. The highest BCUT2D eigenvalue weighted by Gasteiger charge is 2.36. The molecule has 1 aliphatic heterocycles. The molecule has 0 radical (unpaired) electrons. The van der Waals surface area contributed by atoms with E-state index < -0.39 is 0 Å². The molecule has 0 saturated carbocycles. The van der Waals surface area contributed by atoms with Gasteiger partial charge >= 0.3 is 11.9 Å². The molecule has 3 heteroatoms. The Kier molecular flexibility index (Phi) is 4.53. The molecular weight excluding hydrogens is 192 g/mol. The van der Waals surface area contributed by atoms with Gasteiger partial charge in [-0.3, -0.25) is 9.59 Å². The van der Waals surface area contributed by atoms with E-state index in [9.17, 15) is 9.59 Å². The number of hydrogen-bond donors (Lipinski definition) is 0. The normalized spacial score (nSPS) is 23.5. The number of ether oxygens (including phenoxy) is 1. The fraction of sp³-hybridized carbons (Fsp3) is 0.667. The molecule has 0 N–H and O–H groups in total. The highest BCUT2D eigenvalue weighted by atomic mass is 16.6. The summed E-state index contributed by atoms with van der Waals surface area (Å²) in [6, 6.07) is 0. The van der Waals surface area contributed by atoms with Gasteiger partial charge in [0.05, 0.1) is 12.3 Å². The van der Waals surface area contributed by atoms with Gasteiger partial charge in [0, 0.05) is 0 Å². The Morgan fingerprint density at radius 1 is 1.53 bits per heavy atom. The van der Waals surface area contributed by atoms with Crippen molar-refractivity contribution in [2.24, 2.45) is 11.8 Å². The summed E-state index contributed by atoms with van der Waals surface area (Å²) < 4.78 is 4.51. The van der Waals surface area contributed by atoms with Crippen LogP contribution in [0, 0.1) is 11.8 Å². The quantitative estimate of drug-likeness (QED) is 0.303. The Balaban J connectivity index is 2.39. The SMILES string of the molecule is CCCC/C=C/C(C)C1CC(=O)OC1=O. The third-order valence-corrected chi connectivity index (χ3v) is 2.70. The van der Waals surface area contributed by atoms with E-state index in [1.54, 1.807) is 0 Å². The Labute approximate surface area is 90.5 Å². The molecule has 1 saturated heterocycles. The van der Waals surface area contributed by atoms with Crippen molar-refractivity contribution in [3.63, 3.8) is 0 Å². The molecule has 2 atom stereocenters. The number of unbranched alkanes of at least 4 members (excludes halogenated alkanes) is 2. The zero-order valence-corrected chi connectivity index (χ0v) is 9.36. The van der Waals surface area contributed by atoms with Crippen LogP contribution >= 0.6 is 0 Å². The van der Waals surface area contributed by atoms with Gasteiger partial charge in [-0.15, -0.1) is 0 Å². The molecule has 0 aromatic heterocycles. The van der Waals surface area contributed by atoms with E-state index in [0.29, 0.717) is 0 Å². The van der Waals surface area contributed by atoms with Crippen LogP contribution in [0.25, 0.3) is 0 Å². The zero-order chi connectivity index (χ0) is 11.3. The first-order valence-electron chi connectivity index (χ1n) is 5.56. The Morgan fingerprint density at radius 2 is 2.27 bits per heavy atom. The summed E-state index contributed by atoms with van der Waals surface area (Å²) in [7, 11) is 0. The minimum Gasteiger partial charge on any atom is -0.393 e. The summed E-state index contributed by atoms with van der Waals surface area (Å²) in [5, 5.41) is 0. The van der Waals surface area contributed by atoms with Gasteiger partial charge in [0.2, 0.25) is 0 Å². The van der Waals surface area contributed by atoms with Gasteiger partial charge in [-0.05, 0) is 12.3 Å². The summed E-state index contributed by atoms with van der Waals surface area (Å²) >= 11 is 0. The van der Waals surface area contributed by atoms with Crippen molar-refractivity contribution in [2.45, 2.75) is 39.5 Å². The number of hydrogen-bond acceptors (Lipinski definition) is 3. The average molecular weight is 210 g/mol. The number of carbonyl (C=O) groups excluding carboxylic acids is 2. The second-order valence-electron chi connectivity index (χ2n) is 4.03. The number of allylic oxidation sites excluding steroid dienone is 2. The Hall–Kier alpha value is -1.12. The standard InChI is InChI=1S/C12H18O3/c1-3-4-5-6-7-9(2)10-8-11(13)15-12(10)14/h6-7,9-10H,3-5,8H2,1-2H3/b7-6+. The molecule has 0 aromatic rings. The maximum atomic E-state index is 11.2. The van der Waals surface area contributed by atoms with Crippen molar-refractivity contribution in [3.8, 4) is 0 Å². The van der Waals surface area contributed by atoms with Crippen molar-refractivity contribution >= 4 is 11.9 Å². The summed E-state index contributed by atoms with van der Waals surface area (Å²) in [6.07, 6.45) is 7.71. The molecular formula is C12H18O3. The van der Waals surface area contributed by atoms with E-state index >= 15 is 0 Å². The van der Waals surface area contributed by atoms with Gasteiger partial charge < -0.3 is 4.74 Å². The lowest BCUT2D eigenvalue weighted by Gasteiger charge is -2.09. The van der Waals surface area contributed by atoms with E-state index in [0.717, 1.165) is 12.8 Å². The average Bonchev–Trinajstić information content (AvgIpc) is 2.52. The van der Waals surface area contributed by atoms with Crippen LogP contribution in [-0.4, -0.2) is 11.9 Å². The lowest BCUT2D eigenvalue weighted by molar-refractivity contribution is -0.153. The third kappa shape index (κ3) is 3.50. The van der Waals surface area contributed by atoms with Crippen LogP contribution in [0.1, 0.15) is 39.5 Å². The van der Waals surface area contributed by atoms with E-state index in [-0.39, 0.29) is 30.2 Å². The van der Waals surface area contributed by atoms with Crippen LogP contribution < -0.4 is 0 Å². The molecule has 15 heavy (non-hydrogen) atoms. The predicted octanol–water partition coefficient (Wildman–Crippen LogP) is 2.46. The minimum atomic E-state index is -0.390. The molecule has 1 rings (SSSR count). The summed E-state index contributed by atoms with van der Waals surface area (Å²) in [5.41, 5.74) is 0. The molecule has 0 aliphatic carbocycles. The molecule has 2 unspecified atom stereocenters. The van der Waals surface area contributed by atoms with Crippen LogP contribution in [0.2, 0.25) is 0 Å². The molecule has 1 fully saturated rings. The van der Waals surface area contributed by atoms with Gasteiger partial charge in [0.25, 0.3) is 0 Å². The molecule has 0 amide bonds. The third-order valence-electron chi connectivity index (χ3n) is 2.70. The maximum Gasteiger partial charge on any atom is 0.317 e. The first-order chi connectivity index (χ1) is 7.15. The van der Waals surface area contributed by atoms with Crippen molar-refractivity contribution in [2.75, 3.05) is 0 Å². The van der Waals surface area contributed by atoms with Gasteiger partial charge in [0.15, 0.2) is 0 Å². The molecule has 1 aliphatic rings. The van der Waals surface area contributed by atoms with E-state index in [1.165, 1.54) is 6.42 Å². The summed E-state index contributed by atoms with van der Waals surface area (Å²) in [5.74, 6) is -0.928. The topological polar surface area (TPSA) is 43.4 Å². The second kappa shape index (κ2) is 5.69. The van der Waals surface area contributed by atoms with Gasteiger partial charge in [-0.25, -0.2) is 0 Å². The van der Waals surface area contributed by atoms with E-state index in [1.807, 2.05) is 13.0 Å². The van der Waals surface area contributed by atoms with E-state index in [2.05, 4.69) is 17.7 Å². The van der Waals surface area contributed by atoms with Gasteiger partial charge in [-0.1, -0.05) is 38.8 Å². The van der Waals surface area contributed by atoms with Crippen molar-refractivity contribution in [3.05, 3.63) is 12.2 Å². The number of rotatable bonds is 5. The van der Waals surface area contributed by atoms with Crippen LogP contribution in [0.3, 0.4) is 0 Å². The fourth-order valence-electron chi connectivity index (χ4n) is 1.66. The first-order valence-corrected chi connectivity index (χ1v) is 5.56. The zero-order valence-electron chi connectivity index (χ0n) is 9.36. The fourth-order valence-corrected chi connectivity index (χ4v) is 1.66. The van der Waals surface area contributed by atoms with Gasteiger partial charge in [-0.2, -0.15) is 0 Å². The Bertz CT molecular complexity index is 268. The highest BCUT2D eigenvalue weighted by Crippen LogP contribution is 2.25. The maximum absolute atomic E-state index is 11.2. The van der Waals surface area contributed by atoms with Crippen molar-refractivity contribution < 1.29 is 14.3 Å². The monoisotopic (exact) mass is 210 g/mol. The number of cyclic esters (lactones) is 2. The summed E-state index contributed by atoms with van der Waals surface area (Å²) in [6.45, 7) is 4.09. The van der Waals surface area contributed by atoms with Crippen molar-refractivity contribution in [1.82, 2.24) is 0 Å². The lowest BCUT2D eigenvalue weighted by atomic mass is 9.92. The molecule has 0 spiro atoms. The number of carbonyl (C=O) groups is 2. The highest BCUT2D eigenvalue weighted by molar-refractivity contribution is 5.94. The summed E-state index contributed by atoms with van der Waals surface area (Å²) in [4.78, 5) is 22.1. The molecule has 0 bridgehead atoms. The van der Waals surface area contributed by atoms with Crippen LogP contribution in [0.4, 0.5) is 0 Å². The predicted molar refractivity (Wildman–Crippen MR) is 57.0 cm³/mol. The molecule has 0 aromatic carbocycles. The second-order valence-corrected chi connectivity index (χ2v) is 4.03. The lowest BCUT2D eigenvalue weighted by Crippen LogP contribution is -2.14.